The van der Waals surface area contributed by atoms with E-state index in [1.54, 1.807) is 6.07 Å². The van der Waals surface area contributed by atoms with Crippen molar-refractivity contribution >= 4 is 85.7 Å². The molecule has 0 atom stereocenters. The highest BCUT2D eigenvalue weighted by Gasteiger charge is 2.23. The normalized spacial score (nSPS) is 11.5. The van der Waals surface area contributed by atoms with E-state index >= 15 is 0 Å². The van der Waals surface area contributed by atoms with Gasteiger partial charge in [-0.3, -0.25) is 0 Å². The number of fused-ring (bicyclic) bond motifs is 2. The van der Waals surface area contributed by atoms with Crippen molar-refractivity contribution in [2.45, 2.75) is 6.42 Å². The fourth-order valence-electron chi connectivity index (χ4n) is 2.10. The van der Waals surface area contributed by atoms with Crippen molar-refractivity contribution in [1.29, 1.82) is 0 Å². The lowest BCUT2D eigenvalue weighted by molar-refractivity contribution is 0.315. The minimum Gasteiger partial charge on any atom is -0.486 e. The van der Waals surface area contributed by atoms with E-state index in [-0.39, 0.29) is 0 Å². The van der Waals surface area contributed by atoms with Gasteiger partial charge in [0.2, 0.25) is 5.75 Å². The van der Waals surface area contributed by atoms with Gasteiger partial charge in [-0.15, -0.1) is 0 Å². The first-order valence-corrected chi connectivity index (χ1v) is 9.76. The second-order valence-corrected chi connectivity index (χ2v) is 7.52. The van der Waals surface area contributed by atoms with E-state index in [1.807, 2.05) is 0 Å². The van der Waals surface area contributed by atoms with Crippen LogP contribution >= 0.6 is 63.7 Å². The summed E-state index contributed by atoms with van der Waals surface area (Å²) < 4.78 is 19.0. The Hall–Kier alpha value is -0.310. The van der Waals surface area contributed by atoms with Crippen molar-refractivity contribution in [2.24, 2.45) is 0 Å². The molecule has 0 spiro atoms. The number of hydrogen-bond donors (Lipinski definition) is 0. The third kappa shape index (κ3) is 2.79. The van der Waals surface area contributed by atoms with Gasteiger partial charge in [-0.25, -0.2) is 4.79 Å². The van der Waals surface area contributed by atoms with Crippen LogP contribution in [0.1, 0.15) is 6.42 Å². The monoisotopic (exact) mass is 556 g/mol. The van der Waals surface area contributed by atoms with Crippen molar-refractivity contribution in [3.8, 4) is 5.75 Å². The van der Waals surface area contributed by atoms with Crippen LogP contribution in [0.3, 0.4) is 0 Å². The molecule has 0 radical (unpaired) electrons. The molecule has 0 aliphatic carbocycles. The van der Waals surface area contributed by atoms with Crippen molar-refractivity contribution < 1.29 is 13.6 Å². The first kappa shape index (κ1) is 16.5. The molecule has 22 heavy (non-hydrogen) atoms. The first-order valence-electron chi connectivity index (χ1n) is 6.26. The van der Waals surface area contributed by atoms with Crippen molar-refractivity contribution in [3.05, 3.63) is 36.2 Å². The lowest BCUT2D eigenvalue weighted by Crippen LogP contribution is -2.01. The quantitative estimate of drug-likeness (QED) is 0.224. The first-order chi connectivity index (χ1) is 10.5. The van der Waals surface area contributed by atoms with Crippen molar-refractivity contribution in [1.82, 2.24) is 0 Å². The average Bonchev–Trinajstić information content (AvgIpc) is 2.78. The zero-order valence-electron chi connectivity index (χ0n) is 10.9. The Morgan fingerprint density at radius 3 is 2.55 bits per heavy atom. The Morgan fingerprint density at radius 2 is 1.82 bits per heavy atom. The van der Waals surface area contributed by atoms with Gasteiger partial charge in [0.05, 0.1) is 16.5 Å². The minimum atomic E-state index is -0.436. The molecule has 0 fully saturated rings. The molecule has 4 nitrogen and oxygen atoms in total. The largest absolute Gasteiger partial charge is 0.486 e. The van der Waals surface area contributed by atoms with E-state index in [0.717, 1.165) is 31.5 Å². The minimum absolute atomic E-state index is 0.371. The summed E-state index contributed by atoms with van der Waals surface area (Å²) in [6, 6.07) is 3.08. The highest BCUT2D eigenvalue weighted by Crippen LogP contribution is 2.47. The topological polar surface area (TPSA) is 52.6 Å². The summed E-state index contributed by atoms with van der Waals surface area (Å²) in [5.41, 5.74) is 0.450. The summed E-state index contributed by atoms with van der Waals surface area (Å²) >= 11 is 13.8. The van der Waals surface area contributed by atoms with Gasteiger partial charge >= 0.3 is 5.63 Å². The number of halogens is 4. The number of hydrogen-bond acceptors (Lipinski definition) is 4. The molecule has 0 unspecified atom stereocenters. The number of ether oxygens (including phenoxy) is 1. The summed E-state index contributed by atoms with van der Waals surface area (Å²) in [5, 5.41) is 2.39. The number of alkyl halides is 1. The Balaban J connectivity index is 2.39. The van der Waals surface area contributed by atoms with Gasteiger partial charge in [0, 0.05) is 21.3 Å². The molecule has 2 aromatic heterocycles. The average molecular weight is 560 g/mol. The molecule has 0 saturated heterocycles. The molecule has 3 rings (SSSR count). The van der Waals surface area contributed by atoms with Crippen molar-refractivity contribution in [2.75, 3.05) is 11.9 Å². The van der Waals surface area contributed by atoms with Crippen LogP contribution in [0.15, 0.2) is 39.4 Å². The second kappa shape index (κ2) is 6.67. The molecule has 8 heteroatoms. The standard InChI is InChI=1S/C14H8Br4O4/c15-4-1-5-20-13-11-6(2-3-7(19)21-11)9(16)8-10(17)14(18)22-12(8)13/h2-3H,1,4-5H2. The molecule has 3 aromatic rings. The van der Waals surface area contributed by atoms with Crippen LogP contribution in [0, 0.1) is 0 Å². The molecule has 0 bridgehead atoms. The fourth-order valence-corrected chi connectivity index (χ4v) is 4.10. The summed E-state index contributed by atoms with van der Waals surface area (Å²) in [6.07, 6.45) is 0.819. The number of rotatable bonds is 4. The predicted octanol–water partition coefficient (Wildman–Crippen LogP) is 5.99. The summed E-state index contributed by atoms with van der Waals surface area (Å²) in [5.74, 6) is 0.429. The Labute approximate surface area is 158 Å². The maximum Gasteiger partial charge on any atom is 0.336 e. The highest BCUT2D eigenvalue weighted by molar-refractivity contribution is 9.13. The molecule has 0 aliphatic heterocycles. The van der Waals surface area contributed by atoms with Crippen LogP contribution < -0.4 is 10.4 Å². The smallest absolute Gasteiger partial charge is 0.336 e. The lowest BCUT2D eigenvalue weighted by Gasteiger charge is -2.10. The summed E-state index contributed by atoms with van der Waals surface area (Å²) in [7, 11) is 0. The van der Waals surface area contributed by atoms with Gasteiger partial charge in [-0.2, -0.15) is 0 Å². The number of furan rings is 1. The van der Waals surface area contributed by atoms with Gasteiger partial charge in [0.1, 0.15) is 0 Å². The summed E-state index contributed by atoms with van der Waals surface area (Å²) in [4.78, 5) is 11.6. The van der Waals surface area contributed by atoms with Gasteiger partial charge in [0.25, 0.3) is 0 Å². The Bertz CT molecular complexity index is 913. The Kier molecular flexibility index (Phi) is 5.01. The van der Waals surface area contributed by atoms with Gasteiger partial charge < -0.3 is 13.6 Å². The highest BCUT2D eigenvalue weighted by atomic mass is 79.9. The Morgan fingerprint density at radius 1 is 1.05 bits per heavy atom. The molecule has 1 aromatic carbocycles. The van der Waals surface area contributed by atoms with Crippen LogP contribution in [-0.2, 0) is 0 Å². The molecule has 0 amide bonds. The molecule has 0 saturated carbocycles. The maximum absolute atomic E-state index is 11.6. The van der Waals surface area contributed by atoms with Crippen LogP contribution in [0.4, 0.5) is 0 Å². The predicted molar refractivity (Wildman–Crippen MR) is 99.3 cm³/mol. The molecule has 2 heterocycles. The van der Waals surface area contributed by atoms with Crippen LogP contribution in [0.25, 0.3) is 21.9 Å². The van der Waals surface area contributed by atoms with Gasteiger partial charge in [-0.05, 0) is 60.3 Å². The molecule has 0 N–H and O–H groups in total. The fraction of sp³-hybridized carbons (Fsp3) is 0.214. The van der Waals surface area contributed by atoms with E-state index in [9.17, 15) is 4.79 Å². The zero-order valence-corrected chi connectivity index (χ0v) is 17.3. The van der Waals surface area contributed by atoms with E-state index in [2.05, 4.69) is 63.7 Å². The maximum atomic E-state index is 11.6. The molecular formula is C14H8Br4O4. The van der Waals surface area contributed by atoms with E-state index in [1.165, 1.54) is 6.07 Å². The molecule has 116 valence electrons. The van der Waals surface area contributed by atoms with E-state index in [4.69, 9.17) is 13.6 Å². The number of benzene rings is 1. The molecule has 0 aliphatic rings. The SMILES string of the molecule is O=c1ccc2c(Br)c3c(Br)c(Br)oc3c(OCCCBr)c2o1. The van der Waals surface area contributed by atoms with E-state index < -0.39 is 5.63 Å². The van der Waals surface area contributed by atoms with Crippen molar-refractivity contribution in [3.63, 3.8) is 0 Å². The second-order valence-electron chi connectivity index (χ2n) is 4.43. The third-order valence-electron chi connectivity index (χ3n) is 3.04. The summed E-state index contributed by atoms with van der Waals surface area (Å²) in [6.45, 7) is 0.478. The van der Waals surface area contributed by atoms with Gasteiger partial charge in [-0.1, -0.05) is 15.9 Å². The zero-order chi connectivity index (χ0) is 15.9. The van der Waals surface area contributed by atoms with E-state index in [0.29, 0.717) is 28.2 Å². The van der Waals surface area contributed by atoms with Crippen LogP contribution in [0.5, 0.6) is 5.75 Å². The molecular weight excluding hydrogens is 552 g/mol. The van der Waals surface area contributed by atoms with Crippen LogP contribution in [0.2, 0.25) is 0 Å². The van der Waals surface area contributed by atoms with Crippen LogP contribution in [-0.4, -0.2) is 11.9 Å². The van der Waals surface area contributed by atoms with Gasteiger partial charge in [0.15, 0.2) is 15.8 Å². The lowest BCUT2D eigenvalue weighted by atomic mass is 10.1. The third-order valence-corrected chi connectivity index (χ3v) is 6.27.